The van der Waals surface area contributed by atoms with Crippen molar-refractivity contribution >= 4 is 33.4 Å². The van der Waals surface area contributed by atoms with Crippen LogP contribution in [-0.2, 0) is 27.3 Å². The monoisotopic (exact) mass is 386 g/mol. The number of nitrogens with zero attached hydrogens (tertiary/aromatic N) is 2. The second-order valence-corrected chi connectivity index (χ2v) is 7.23. The Bertz CT molecular complexity index is 907. The van der Waals surface area contributed by atoms with Gasteiger partial charge in [0.25, 0.3) is 5.91 Å². The lowest BCUT2D eigenvalue weighted by Crippen LogP contribution is -2.30. The Labute approximate surface area is 160 Å². The van der Waals surface area contributed by atoms with Crippen LogP contribution in [0.25, 0.3) is 10.2 Å². The molecule has 0 aliphatic heterocycles. The Morgan fingerprint density at radius 3 is 2.63 bits per heavy atom. The highest BCUT2D eigenvalue weighted by molar-refractivity contribution is 7.18. The van der Waals surface area contributed by atoms with Crippen molar-refractivity contribution in [1.29, 1.82) is 0 Å². The van der Waals surface area contributed by atoms with Crippen LogP contribution in [0.15, 0.2) is 48.5 Å². The molecule has 0 spiro atoms. The van der Waals surface area contributed by atoms with E-state index in [-0.39, 0.29) is 24.8 Å². The number of amides is 1. The van der Waals surface area contributed by atoms with E-state index in [1.165, 1.54) is 17.0 Å². The average molecular weight is 386 g/mol. The molecule has 0 atom stereocenters. The molecule has 0 saturated heterocycles. The number of benzene rings is 2. The summed E-state index contributed by atoms with van der Waals surface area (Å²) in [5.41, 5.74) is 1.72. The molecule has 0 radical (unpaired) electrons. The molecule has 0 saturated carbocycles. The van der Waals surface area contributed by atoms with E-state index >= 15 is 0 Å². The molecule has 7 heteroatoms. The Hall–Kier alpha value is -2.80. The number of likely N-dealkylation sites (N-methyl/N-ethyl adjacent to an activating group) is 1. The molecule has 140 valence electrons. The van der Waals surface area contributed by atoms with Crippen molar-refractivity contribution in [3.8, 4) is 0 Å². The maximum absolute atomic E-state index is 12.9. The highest BCUT2D eigenvalue weighted by Crippen LogP contribution is 2.22. The number of para-hydroxylation sites is 1. The van der Waals surface area contributed by atoms with E-state index < -0.39 is 5.97 Å². The van der Waals surface area contributed by atoms with Gasteiger partial charge in [0, 0.05) is 20.0 Å². The molecule has 1 amide bonds. The molecule has 2 aromatic carbocycles. The molecule has 1 heterocycles. The van der Waals surface area contributed by atoms with Crippen molar-refractivity contribution in [3.63, 3.8) is 0 Å². The number of hydrogen-bond acceptors (Lipinski definition) is 5. The largest absolute Gasteiger partial charge is 0.456 e. The second-order valence-electron chi connectivity index (χ2n) is 6.11. The van der Waals surface area contributed by atoms with Crippen molar-refractivity contribution in [2.24, 2.45) is 0 Å². The molecule has 0 unspecified atom stereocenters. The normalized spacial score (nSPS) is 10.7. The average Bonchev–Trinajstić information content (AvgIpc) is 3.09. The highest BCUT2D eigenvalue weighted by atomic mass is 32.1. The van der Waals surface area contributed by atoms with Crippen LogP contribution >= 0.6 is 11.3 Å². The number of rotatable bonds is 7. The topological polar surface area (TPSA) is 59.5 Å². The highest BCUT2D eigenvalue weighted by Gasteiger charge is 2.13. The number of aryl methyl sites for hydroxylation is 1. The molecular weight excluding hydrogens is 367 g/mol. The minimum atomic E-state index is -0.433. The molecule has 0 fully saturated rings. The van der Waals surface area contributed by atoms with Crippen LogP contribution in [0.5, 0.6) is 0 Å². The van der Waals surface area contributed by atoms with Crippen LogP contribution < -0.4 is 0 Å². The fourth-order valence-electron chi connectivity index (χ4n) is 2.51. The van der Waals surface area contributed by atoms with Gasteiger partial charge < -0.3 is 9.64 Å². The summed E-state index contributed by atoms with van der Waals surface area (Å²) >= 11 is 1.55. The smallest absolute Gasteiger partial charge is 0.306 e. The van der Waals surface area contributed by atoms with Crippen LogP contribution in [0.4, 0.5) is 4.39 Å². The molecule has 1 aromatic heterocycles. The van der Waals surface area contributed by atoms with Gasteiger partial charge in [0.15, 0.2) is 6.61 Å². The molecule has 0 aliphatic carbocycles. The Balaban J connectivity index is 1.42. The van der Waals surface area contributed by atoms with E-state index in [1.807, 2.05) is 24.3 Å². The first kappa shape index (κ1) is 19.0. The number of carbonyl (C=O) groups is 2. The van der Waals surface area contributed by atoms with Crippen molar-refractivity contribution in [2.75, 3.05) is 13.7 Å². The second kappa shape index (κ2) is 8.73. The lowest BCUT2D eigenvalue weighted by molar-refractivity contribution is -0.151. The summed E-state index contributed by atoms with van der Waals surface area (Å²) in [7, 11) is 1.61. The van der Waals surface area contributed by atoms with Crippen LogP contribution in [0.3, 0.4) is 0 Å². The van der Waals surface area contributed by atoms with Crippen molar-refractivity contribution in [3.05, 3.63) is 64.9 Å². The number of hydrogen-bond donors (Lipinski definition) is 0. The summed E-state index contributed by atoms with van der Waals surface area (Å²) in [4.78, 5) is 29.9. The van der Waals surface area contributed by atoms with Crippen molar-refractivity contribution < 1.29 is 18.7 Å². The summed E-state index contributed by atoms with van der Waals surface area (Å²) in [6, 6.07) is 13.7. The van der Waals surface area contributed by atoms with Crippen LogP contribution in [0.2, 0.25) is 0 Å². The third-order valence-corrected chi connectivity index (χ3v) is 5.09. The molecule has 0 N–H and O–H groups in total. The van der Waals surface area contributed by atoms with E-state index in [1.54, 1.807) is 30.5 Å². The van der Waals surface area contributed by atoms with Gasteiger partial charge in [0.2, 0.25) is 0 Å². The third-order valence-electron chi connectivity index (χ3n) is 4.00. The number of esters is 1. The minimum Gasteiger partial charge on any atom is -0.456 e. The van der Waals surface area contributed by atoms with Gasteiger partial charge >= 0.3 is 5.97 Å². The van der Waals surface area contributed by atoms with Crippen LogP contribution in [0.1, 0.15) is 17.0 Å². The summed E-state index contributed by atoms with van der Waals surface area (Å²) in [5, 5.41) is 0.868. The van der Waals surface area contributed by atoms with E-state index in [0.717, 1.165) is 20.8 Å². The number of fused-ring (bicyclic) bond motifs is 1. The van der Waals surface area contributed by atoms with E-state index in [2.05, 4.69) is 4.98 Å². The van der Waals surface area contributed by atoms with Gasteiger partial charge in [-0.15, -0.1) is 11.3 Å². The summed E-state index contributed by atoms with van der Waals surface area (Å²) in [6.07, 6.45) is 0.659. The lowest BCUT2D eigenvalue weighted by Gasteiger charge is -2.17. The lowest BCUT2D eigenvalue weighted by atomic mass is 10.2. The molecule has 3 rings (SSSR count). The first-order valence-electron chi connectivity index (χ1n) is 8.50. The first-order chi connectivity index (χ1) is 13.0. The number of thiazole rings is 1. The third kappa shape index (κ3) is 5.34. The number of aromatic nitrogens is 1. The Morgan fingerprint density at radius 2 is 1.89 bits per heavy atom. The zero-order valence-corrected chi connectivity index (χ0v) is 15.7. The Morgan fingerprint density at radius 1 is 1.15 bits per heavy atom. The van der Waals surface area contributed by atoms with Gasteiger partial charge in [-0.1, -0.05) is 24.3 Å². The molecule has 5 nitrogen and oxygen atoms in total. The summed E-state index contributed by atoms with van der Waals surface area (Å²) < 4.78 is 19.1. The van der Waals surface area contributed by atoms with Gasteiger partial charge in [-0.3, -0.25) is 9.59 Å². The fourth-order valence-corrected chi connectivity index (χ4v) is 3.48. The maximum Gasteiger partial charge on any atom is 0.306 e. The maximum atomic E-state index is 12.9. The summed E-state index contributed by atoms with van der Waals surface area (Å²) in [6.45, 7) is 0.0126. The Kier molecular flexibility index (Phi) is 6.13. The number of halogens is 1. The quantitative estimate of drug-likeness (QED) is 0.583. The molecule has 27 heavy (non-hydrogen) atoms. The van der Waals surface area contributed by atoms with Gasteiger partial charge in [-0.25, -0.2) is 9.37 Å². The molecular formula is C20H19FN2O3S. The van der Waals surface area contributed by atoms with Crippen molar-refractivity contribution in [2.45, 2.75) is 19.4 Å². The molecule has 0 aliphatic rings. The molecule has 3 aromatic rings. The minimum absolute atomic E-state index is 0.175. The van der Waals surface area contributed by atoms with E-state index in [4.69, 9.17) is 4.74 Å². The zero-order valence-electron chi connectivity index (χ0n) is 14.9. The van der Waals surface area contributed by atoms with E-state index in [9.17, 15) is 14.0 Å². The van der Waals surface area contributed by atoms with Crippen LogP contribution in [-0.4, -0.2) is 35.4 Å². The van der Waals surface area contributed by atoms with Crippen molar-refractivity contribution in [1.82, 2.24) is 9.88 Å². The van der Waals surface area contributed by atoms with Gasteiger partial charge in [0.05, 0.1) is 21.6 Å². The summed E-state index contributed by atoms with van der Waals surface area (Å²) in [5.74, 6) is -1.07. The standard InChI is InChI=1S/C20H19FN2O3S/c1-23(12-14-6-8-15(21)9-7-14)19(24)13-26-20(25)11-10-18-22-16-4-2-3-5-17(16)27-18/h2-9H,10-13H2,1H3. The number of ether oxygens (including phenoxy) is 1. The fraction of sp³-hybridized carbons (Fsp3) is 0.250. The van der Waals surface area contributed by atoms with Gasteiger partial charge in [-0.05, 0) is 29.8 Å². The van der Waals surface area contributed by atoms with E-state index in [0.29, 0.717) is 13.0 Å². The predicted molar refractivity (Wildman–Crippen MR) is 102 cm³/mol. The van der Waals surface area contributed by atoms with Gasteiger partial charge in [-0.2, -0.15) is 0 Å². The predicted octanol–water partition coefficient (Wildman–Crippen LogP) is 3.57. The number of carbonyl (C=O) groups excluding carboxylic acids is 2. The first-order valence-corrected chi connectivity index (χ1v) is 9.31. The molecule has 0 bridgehead atoms. The SMILES string of the molecule is CN(Cc1ccc(F)cc1)C(=O)COC(=O)CCc1nc2ccccc2s1. The zero-order chi connectivity index (χ0) is 19.2. The van der Waals surface area contributed by atoms with Gasteiger partial charge in [0.1, 0.15) is 5.82 Å². The van der Waals surface area contributed by atoms with Crippen LogP contribution in [0, 0.1) is 5.82 Å².